The third-order valence-corrected chi connectivity index (χ3v) is 4.28. The van der Waals surface area contributed by atoms with Crippen LogP contribution in [0.15, 0.2) is 12.5 Å². The quantitative estimate of drug-likeness (QED) is 0.790. The summed E-state index contributed by atoms with van der Waals surface area (Å²) in [7, 11) is 0. The summed E-state index contributed by atoms with van der Waals surface area (Å²) in [6.07, 6.45) is 10.6. The number of aromatic nitrogens is 4. The lowest BCUT2D eigenvalue weighted by Gasteiger charge is -2.16. The Balaban J connectivity index is 1.82. The van der Waals surface area contributed by atoms with Crippen LogP contribution in [0.4, 0.5) is 0 Å². The van der Waals surface area contributed by atoms with Gasteiger partial charge in [-0.3, -0.25) is 0 Å². The number of rotatable bonds is 2. The van der Waals surface area contributed by atoms with Gasteiger partial charge < -0.3 is 4.57 Å². The minimum atomic E-state index is 0.580. The van der Waals surface area contributed by atoms with Crippen LogP contribution in [0.5, 0.6) is 0 Å². The SMILES string of the molecule is Clc1nc(-c2cncn2C2CC2)nc2c1CCCC2. The maximum Gasteiger partial charge on any atom is 0.179 e. The molecule has 0 bridgehead atoms. The topological polar surface area (TPSA) is 43.6 Å². The van der Waals surface area contributed by atoms with Crippen molar-refractivity contribution < 1.29 is 0 Å². The van der Waals surface area contributed by atoms with Crippen LogP contribution in [0.2, 0.25) is 5.15 Å². The van der Waals surface area contributed by atoms with Crippen LogP contribution in [-0.4, -0.2) is 19.5 Å². The molecule has 0 aliphatic heterocycles. The van der Waals surface area contributed by atoms with Gasteiger partial charge >= 0.3 is 0 Å². The third-order valence-electron chi connectivity index (χ3n) is 3.97. The van der Waals surface area contributed by atoms with Gasteiger partial charge in [-0.05, 0) is 38.5 Å². The van der Waals surface area contributed by atoms with Crippen LogP contribution in [0.3, 0.4) is 0 Å². The Morgan fingerprint density at radius 3 is 2.84 bits per heavy atom. The lowest BCUT2D eigenvalue weighted by molar-refractivity contribution is 0.661. The predicted molar refractivity (Wildman–Crippen MR) is 73.2 cm³/mol. The minimum absolute atomic E-state index is 0.580. The third kappa shape index (κ3) is 1.94. The number of imidazole rings is 1. The molecular formula is C14H15ClN4. The Kier molecular flexibility index (Phi) is 2.58. The molecule has 2 heterocycles. The van der Waals surface area contributed by atoms with Gasteiger partial charge in [0.25, 0.3) is 0 Å². The molecule has 2 aromatic rings. The second-order valence-electron chi connectivity index (χ2n) is 5.39. The molecule has 4 rings (SSSR count). The second-order valence-corrected chi connectivity index (χ2v) is 5.75. The number of halogens is 1. The first-order valence-corrected chi connectivity index (χ1v) is 7.28. The summed E-state index contributed by atoms with van der Waals surface area (Å²) < 4.78 is 2.18. The molecule has 2 aromatic heterocycles. The summed E-state index contributed by atoms with van der Waals surface area (Å²) in [6.45, 7) is 0. The first-order chi connectivity index (χ1) is 9.33. The maximum atomic E-state index is 6.33. The van der Waals surface area contributed by atoms with Crippen molar-refractivity contribution in [3.8, 4) is 11.5 Å². The summed E-state index contributed by atoms with van der Waals surface area (Å²) in [4.78, 5) is 13.5. The summed E-state index contributed by atoms with van der Waals surface area (Å²) in [5.74, 6) is 0.732. The monoisotopic (exact) mass is 274 g/mol. The Bertz CT molecular complexity index is 630. The van der Waals surface area contributed by atoms with Crippen molar-refractivity contribution in [2.24, 2.45) is 0 Å². The molecule has 2 aliphatic carbocycles. The molecule has 0 N–H and O–H groups in total. The Morgan fingerprint density at radius 2 is 2.00 bits per heavy atom. The molecular weight excluding hydrogens is 260 g/mol. The van der Waals surface area contributed by atoms with Crippen LogP contribution >= 0.6 is 11.6 Å². The molecule has 0 amide bonds. The van der Waals surface area contributed by atoms with Gasteiger partial charge in [0.15, 0.2) is 5.82 Å². The second kappa shape index (κ2) is 4.30. The van der Waals surface area contributed by atoms with E-state index in [9.17, 15) is 0 Å². The van der Waals surface area contributed by atoms with Crippen molar-refractivity contribution >= 4 is 11.6 Å². The van der Waals surface area contributed by atoms with Gasteiger partial charge in [0.2, 0.25) is 0 Å². The molecule has 0 spiro atoms. The van der Waals surface area contributed by atoms with E-state index in [2.05, 4.69) is 14.5 Å². The van der Waals surface area contributed by atoms with Crippen LogP contribution in [0.1, 0.15) is 43.0 Å². The molecule has 1 fully saturated rings. The molecule has 19 heavy (non-hydrogen) atoms. The van der Waals surface area contributed by atoms with Crippen LogP contribution in [-0.2, 0) is 12.8 Å². The van der Waals surface area contributed by atoms with E-state index in [4.69, 9.17) is 16.6 Å². The highest BCUT2D eigenvalue weighted by atomic mass is 35.5. The summed E-state index contributed by atoms with van der Waals surface area (Å²) in [5, 5.41) is 0.628. The van der Waals surface area contributed by atoms with Crippen LogP contribution in [0.25, 0.3) is 11.5 Å². The van der Waals surface area contributed by atoms with Crippen molar-refractivity contribution in [3.05, 3.63) is 28.9 Å². The highest BCUT2D eigenvalue weighted by Crippen LogP contribution is 2.38. The number of nitrogens with zero attached hydrogens (tertiary/aromatic N) is 4. The number of hydrogen-bond acceptors (Lipinski definition) is 3. The number of aryl methyl sites for hydroxylation is 1. The molecule has 5 heteroatoms. The number of fused-ring (bicyclic) bond motifs is 1. The largest absolute Gasteiger partial charge is 0.325 e. The van der Waals surface area contributed by atoms with Gasteiger partial charge in [0, 0.05) is 17.3 Å². The zero-order valence-corrected chi connectivity index (χ0v) is 11.4. The normalized spacial score (nSPS) is 18.4. The Labute approximate surface area is 116 Å². The fourth-order valence-corrected chi connectivity index (χ4v) is 3.07. The number of hydrogen-bond donors (Lipinski definition) is 0. The van der Waals surface area contributed by atoms with Crippen molar-refractivity contribution in [1.82, 2.24) is 19.5 Å². The van der Waals surface area contributed by atoms with Gasteiger partial charge in [0.1, 0.15) is 10.8 Å². The van der Waals surface area contributed by atoms with E-state index < -0.39 is 0 Å². The van der Waals surface area contributed by atoms with Crippen molar-refractivity contribution in [2.75, 3.05) is 0 Å². The standard InChI is InChI=1S/C14H15ClN4/c15-13-10-3-1-2-4-11(10)17-14(18-13)12-7-16-8-19(12)9-5-6-9/h7-9H,1-6H2. The molecule has 4 nitrogen and oxygen atoms in total. The van der Waals surface area contributed by atoms with E-state index in [1.165, 1.54) is 25.7 Å². The van der Waals surface area contributed by atoms with E-state index in [0.717, 1.165) is 35.6 Å². The molecule has 0 unspecified atom stereocenters. The maximum absolute atomic E-state index is 6.33. The Hall–Kier alpha value is -1.42. The fourth-order valence-electron chi connectivity index (χ4n) is 2.78. The van der Waals surface area contributed by atoms with Gasteiger partial charge in [-0.1, -0.05) is 11.6 Å². The molecule has 0 aromatic carbocycles. The van der Waals surface area contributed by atoms with E-state index in [1.807, 2.05) is 12.5 Å². The van der Waals surface area contributed by atoms with Crippen LogP contribution in [0, 0.1) is 0 Å². The average molecular weight is 275 g/mol. The zero-order chi connectivity index (χ0) is 12.8. The molecule has 0 radical (unpaired) electrons. The minimum Gasteiger partial charge on any atom is -0.325 e. The lowest BCUT2D eigenvalue weighted by Crippen LogP contribution is -2.10. The average Bonchev–Trinajstić information content (AvgIpc) is 3.16. The fraction of sp³-hybridized carbons (Fsp3) is 0.500. The molecule has 0 atom stereocenters. The van der Waals surface area contributed by atoms with Gasteiger partial charge in [-0.25, -0.2) is 15.0 Å². The summed E-state index contributed by atoms with van der Waals surface area (Å²) in [5.41, 5.74) is 3.27. The molecule has 98 valence electrons. The first kappa shape index (κ1) is 11.4. The molecule has 2 aliphatic rings. The van der Waals surface area contributed by atoms with E-state index in [1.54, 1.807) is 0 Å². The Morgan fingerprint density at radius 1 is 1.16 bits per heavy atom. The summed E-state index contributed by atoms with van der Waals surface area (Å²) >= 11 is 6.33. The van der Waals surface area contributed by atoms with Crippen molar-refractivity contribution in [2.45, 2.75) is 44.6 Å². The molecule has 1 saturated carbocycles. The smallest absolute Gasteiger partial charge is 0.179 e. The van der Waals surface area contributed by atoms with Gasteiger partial charge in [-0.15, -0.1) is 0 Å². The van der Waals surface area contributed by atoms with Gasteiger partial charge in [0.05, 0.1) is 12.5 Å². The highest BCUT2D eigenvalue weighted by Gasteiger charge is 2.27. The zero-order valence-electron chi connectivity index (χ0n) is 10.6. The van der Waals surface area contributed by atoms with Crippen molar-refractivity contribution in [1.29, 1.82) is 0 Å². The van der Waals surface area contributed by atoms with E-state index >= 15 is 0 Å². The van der Waals surface area contributed by atoms with E-state index in [0.29, 0.717) is 11.2 Å². The molecule has 0 saturated heterocycles. The van der Waals surface area contributed by atoms with Gasteiger partial charge in [-0.2, -0.15) is 0 Å². The lowest BCUT2D eigenvalue weighted by atomic mass is 9.97. The van der Waals surface area contributed by atoms with E-state index in [-0.39, 0.29) is 0 Å². The summed E-state index contributed by atoms with van der Waals surface area (Å²) in [6, 6.07) is 0.580. The highest BCUT2D eigenvalue weighted by molar-refractivity contribution is 6.30. The predicted octanol–water partition coefficient (Wildman–Crippen LogP) is 3.21. The van der Waals surface area contributed by atoms with Crippen molar-refractivity contribution in [3.63, 3.8) is 0 Å². The van der Waals surface area contributed by atoms with Crippen LogP contribution < -0.4 is 0 Å². The first-order valence-electron chi connectivity index (χ1n) is 6.90.